The fourth-order valence-corrected chi connectivity index (χ4v) is 3.43. The number of alkyl halides is 2. The van der Waals surface area contributed by atoms with E-state index in [9.17, 15) is 8.78 Å². The molecule has 1 aliphatic heterocycles. The van der Waals surface area contributed by atoms with Crippen molar-refractivity contribution in [1.29, 1.82) is 5.41 Å². The van der Waals surface area contributed by atoms with E-state index in [1.807, 2.05) is 0 Å². The van der Waals surface area contributed by atoms with Crippen molar-refractivity contribution in [2.75, 3.05) is 18.0 Å². The second-order valence-corrected chi connectivity index (χ2v) is 6.90. The topological polar surface area (TPSA) is 109 Å². The van der Waals surface area contributed by atoms with Crippen LogP contribution in [-0.2, 0) is 0 Å². The van der Waals surface area contributed by atoms with Gasteiger partial charge in [0.05, 0.1) is 12.4 Å². The van der Waals surface area contributed by atoms with Crippen LogP contribution < -0.4 is 10.6 Å². The molecule has 0 aromatic carbocycles. The van der Waals surface area contributed by atoms with Crippen LogP contribution in [0.15, 0.2) is 53.8 Å². The smallest absolute Gasteiger partial charge is 0.281 e. The second-order valence-electron chi connectivity index (χ2n) is 6.90. The Hall–Kier alpha value is -3.69. The molecule has 4 rings (SSSR count). The number of nitrogens with zero attached hydrogens (tertiary/aromatic N) is 6. The zero-order chi connectivity index (χ0) is 21.3. The Labute approximate surface area is 171 Å². The van der Waals surface area contributed by atoms with Gasteiger partial charge in [0.15, 0.2) is 11.5 Å². The third-order valence-electron chi connectivity index (χ3n) is 4.90. The normalized spacial score (nSPS) is 15.3. The lowest BCUT2D eigenvalue weighted by atomic mass is 10.0. The minimum Gasteiger partial charge on any atom is -0.402 e. The molecule has 4 heterocycles. The lowest BCUT2D eigenvalue weighted by Gasteiger charge is -2.29. The van der Waals surface area contributed by atoms with Crippen LogP contribution >= 0.6 is 0 Å². The molecule has 0 spiro atoms. The van der Waals surface area contributed by atoms with Crippen molar-refractivity contribution in [3.63, 3.8) is 0 Å². The van der Waals surface area contributed by atoms with Gasteiger partial charge in [-0.05, 0) is 25.0 Å². The number of hydrogen-bond acceptors (Lipinski definition) is 7. The Balaban J connectivity index is 1.68. The monoisotopic (exact) mass is 410 g/mol. The van der Waals surface area contributed by atoms with Gasteiger partial charge in [-0.2, -0.15) is 0 Å². The van der Waals surface area contributed by atoms with Gasteiger partial charge in [-0.15, -0.1) is 0 Å². The van der Waals surface area contributed by atoms with E-state index in [1.165, 1.54) is 23.0 Å². The predicted molar refractivity (Wildman–Crippen MR) is 110 cm³/mol. The van der Waals surface area contributed by atoms with Crippen molar-refractivity contribution in [1.82, 2.24) is 24.3 Å². The van der Waals surface area contributed by atoms with E-state index >= 15 is 0 Å². The summed E-state index contributed by atoms with van der Waals surface area (Å²) in [5.74, 6) is 1.07. The summed E-state index contributed by atoms with van der Waals surface area (Å²) >= 11 is 0. The third-order valence-corrected chi connectivity index (χ3v) is 4.90. The molecule has 0 aliphatic carbocycles. The lowest BCUT2D eigenvalue weighted by molar-refractivity contribution is 0.145. The number of fused-ring (bicyclic) bond motifs is 1. The largest absolute Gasteiger partial charge is 0.402 e. The number of anilines is 1. The maximum Gasteiger partial charge on any atom is 0.281 e. The van der Waals surface area contributed by atoms with Gasteiger partial charge in [0, 0.05) is 43.0 Å². The van der Waals surface area contributed by atoms with E-state index in [2.05, 4.69) is 30.9 Å². The Bertz CT molecular complexity index is 1160. The van der Waals surface area contributed by atoms with Crippen LogP contribution in [0.25, 0.3) is 17.2 Å². The van der Waals surface area contributed by atoms with Gasteiger partial charge < -0.3 is 16.0 Å². The van der Waals surface area contributed by atoms with Gasteiger partial charge in [0.2, 0.25) is 0 Å². The van der Waals surface area contributed by atoms with E-state index in [4.69, 9.17) is 11.1 Å². The first kappa shape index (κ1) is 19.6. The number of hydrogen-bond donors (Lipinski definition) is 2. The molecule has 3 N–H and O–H groups in total. The predicted octanol–water partition coefficient (Wildman–Crippen LogP) is 3.14. The van der Waals surface area contributed by atoms with E-state index in [0.717, 1.165) is 18.5 Å². The van der Waals surface area contributed by atoms with E-state index in [1.54, 1.807) is 25.4 Å². The molecule has 154 valence electrons. The van der Waals surface area contributed by atoms with Crippen LogP contribution in [0.1, 0.15) is 25.5 Å². The number of nitrogens with one attached hydrogen (secondary N) is 1. The first-order chi connectivity index (χ1) is 14.5. The van der Waals surface area contributed by atoms with Crippen LogP contribution in [0, 0.1) is 5.41 Å². The molecule has 0 bridgehead atoms. The summed E-state index contributed by atoms with van der Waals surface area (Å²) < 4.78 is 27.6. The van der Waals surface area contributed by atoms with Gasteiger partial charge >= 0.3 is 0 Å². The molecule has 3 aromatic heterocycles. The molecule has 30 heavy (non-hydrogen) atoms. The summed E-state index contributed by atoms with van der Waals surface area (Å²) in [6.07, 6.45) is 7.19. The lowest BCUT2D eigenvalue weighted by Crippen LogP contribution is -2.31. The van der Waals surface area contributed by atoms with Crippen LogP contribution in [-0.4, -0.2) is 43.6 Å². The zero-order valence-electron chi connectivity index (χ0n) is 16.3. The quantitative estimate of drug-likeness (QED) is 0.626. The SMILES string of the molecule is CC(N)=C(C=N)C1=CCCN(c2ccnc(-c3cnc4cnc(C(F)F)cn34)n2)C1. The summed E-state index contributed by atoms with van der Waals surface area (Å²) in [6.45, 7) is 3.08. The van der Waals surface area contributed by atoms with Crippen LogP contribution in [0.5, 0.6) is 0 Å². The number of nitrogens with two attached hydrogens (primary N) is 1. The molecule has 8 nitrogen and oxygen atoms in total. The van der Waals surface area contributed by atoms with E-state index < -0.39 is 6.43 Å². The molecule has 0 saturated carbocycles. The minimum atomic E-state index is -2.68. The Kier molecular flexibility index (Phi) is 5.21. The highest BCUT2D eigenvalue weighted by Crippen LogP contribution is 2.25. The van der Waals surface area contributed by atoms with Crippen molar-refractivity contribution >= 4 is 17.7 Å². The maximum absolute atomic E-state index is 13.1. The molecule has 0 atom stereocenters. The van der Waals surface area contributed by atoms with Gasteiger partial charge in [-0.25, -0.2) is 28.7 Å². The van der Waals surface area contributed by atoms with Crippen molar-refractivity contribution < 1.29 is 8.78 Å². The van der Waals surface area contributed by atoms with E-state index in [-0.39, 0.29) is 5.69 Å². The van der Waals surface area contributed by atoms with E-state index in [0.29, 0.717) is 40.8 Å². The molecular weight excluding hydrogens is 390 g/mol. The maximum atomic E-state index is 13.1. The molecular formula is C20H20F2N8. The summed E-state index contributed by atoms with van der Waals surface area (Å²) in [5, 5.41) is 7.63. The summed E-state index contributed by atoms with van der Waals surface area (Å²) in [5.41, 5.74) is 8.78. The molecule has 0 unspecified atom stereocenters. The van der Waals surface area contributed by atoms with Gasteiger partial charge in [-0.1, -0.05) is 6.08 Å². The van der Waals surface area contributed by atoms with Gasteiger partial charge in [0.25, 0.3) is 6.43 Å². The van der Waals surface area contributed by atoms with Crippen molar-refractivity contribution in [3.8, 4) is 11.5 Å². The number of halogens is 2. The van der Waals surface area contributed by atoms with Gasteiger partial charge in [-0.3, -0.25) is 4.40 Å². The Morgan fingerprint density at radius 2 is 2.10 bits per heavy atom. The minimum absolute atomic E-state index is 0.341. The standard InChI is InChI=1S/C20H20F2N8/c1-12(24)14(7-23)13-3-2-6-29(10-13)17-4-5-25-20(28-17)16-8-27-18-9-26-15(19(21)22)11-30(16)18/h3-5,7-9,11,19,23H,2,6,10,24H2,1H3. The summed E-state index contributed by atoms with van der Waals surface area (Å²) in [6, 6.07) is 1.80. The van der Waals surface area contributed by atoms with Crippen molar-refractivity contribution in [3.05, 3.63) is 59.5 Å². The molecule has 1 aliphatic rings. The fraction of sp³-hybridized carbons (Fsp3) is 0.250. The first-order valence-corrected chi connectivity index (χ1v) is 9.33. The average Bonchev–Trinajstić information content (AvgIpc) is 3.17. The highest BCUT2D eigenvalue weighted by Gasteiger charge is 2.19. The molecule has 0 saturated heterocycles. The van der Waals surface area contributed by atoms with Crippen LogP contribution in [0.2, 0.25) is 0 Å². The molecule has 3 aromatic rings. The van der Waals surface area contributed by atoms with Crippen LogP contribution in [0.4, 0.5) is 14.6 Å². The molecule has 0 amide bonds. The zero-order valence-corrected chi connectivity index (χ0v) is 16.3. The molecule has 0 fully saturated rings. The van der Waals surface area contributed by atoms with Crippen LogP contribution in [0.3, 0.4) is 0 Å². The Morgan fingerprint density at radius 1 is 1.27 bits per heavy atom. The third kappa shape index (κ3) is 3.63. The number of allylic oxidation sites excluding steroid dienone is 1. The fourth-order valence-electron chi connectivity index (χ4n) is 3.43. The number of aromatic nitrogens is 5. The van der Waals surface area contributed by atoms with Gasteiger partial charge in [0.1, 0.15) is 17.2 Å². The Morgan fingerprint density at radius 3 is 2.83 bits per heavy atom. The highest BCUT2D eigenvalue weighted by molar-refractivity contribution is 5.84. The molecule has 10 heteroatoms. The highest BCUT2D eigenvalue weighted by atomic mass is 19.3. The van der Waals surface area contributed by atoms with Crippen molar-refractivity contribution in [2.45, 2.75) is 19.8 Å². The molecule has 0 radical (unpaired) electrons. The second kappa shape index (κ2) is 7.97. The average molecular weight is 410 g/mol. The number of imidazole rings is 1. The van der Waals surface area contributed by atoms with Crippen molar-refractivity contribution in [2.24, 2.45) is 5.73 Å². The summed E-state index contributed by atoms with van der Waals surface area (Å²) in [4.78, 5) is 19.0. The first-order valence-electron chi connectivity index (χ1n) is 9.33. The summed E-state index contributed by atoms with van der Waals surface area (Å²) in [7, 11) is 0. The number of rotatable bonds is 5.